The van der Waals surface area contributed by atoms with Crippen molar-refractivity contribution in [2.75, 3.05) is 11.2 Å². The zero-order valence-electron chi connectivity index (χ0n) is 6.95. The molecule has 0 aliphatic heterocycles. The molecule has 13 heavy (non-hydrogen) atoms. The lowest BCUT2D eigenvalue weighted by molar-refractivity contribution is -0.113. The van der Waals surface area contributed by atoms with Crippen LogP contribution < -0.4 is 10.9 Å². The van der Waals surface area contributed by atoms with E-state index in [0.717, 1.165) is 0 Å². The van der Waals surface area contributed by atoms with Crippen molar-refractivity contribution in [2.24, 2.45) is 7.05 Å². The molecule has 0 bridgehead atoms. The van der Waals surface area contributed by atoms with Gasteiger partial charge in [0.25, 0.3) is 5.56 Å². The first-order valence-electron chi connectivity index (χ1n) is 3.52. The van der Waals surface area contributed by atoms with Gasteiger partial charge in [0.2, 0.25) is 5.91 Å². The van der Waals surface area contributed by atoms with Gasteiger partial charge in [0.15, 0.2) is 5.82 Å². The van der Waals surface area contributed by atoms with E-state index in [0.29, 0.717) is 0 Å². The van der Waals surface area contributed by atoms with Gasteiger partial charge in [0, 0.05) is 19.4 Å². The average Bonchev–Trinajstić information content (AvgIpc) is 2.13. The molecule has 0 unspecified atom stereocenters. The van der Waals surface area contributed by atoms with E-state index in [-0.39, 0.29) is 17.3 Å². The van der Waals surface area contributed by atoms with Crippen molar-refractivity contribution < 1.29 is 4.79 Å². The highest BCUT2D eigenvalue weighted by Gasteiger charge is 2.05. The maximum Gasteiger partial charge on any atom is 0.293 e. The highest BCUT2D eigenvalue weighted by Crippen LogP contribution is 1.91. The van der Waals surface area contributed by atoms with E-state index in [1.54, 1.807) is 7.05 Å². The lowest BCUT2D eigenvalue weighted by Gasteiger charge is -2.01. The second-order valence-electron chi connectivity index (χ2n) is 2.37. The standard InChI is InChI=1S/C7H8ClN3O2/c1-11-3-2-9-6(7(11)13)10-5(12)4-8/h2-3H,4H2,1H3,(H,9,10,12). The topological polar surface area (TPSA) is 64.0 Å². The first-order chi connectivity index (χ1) is 6.15. The highest BCUT2D eigenvalue weighted by molar-refractivity contribution is 6.28. The monoisotopic (exact) mass is 201 g/mol. The molecule has 0 fully saturated rings. The molecule has 1 aromatic rings. The van der Waals surface area contributed by atoms with Crippen molar-refractivity contribution >= 4 is 23.3 Å². The second-order valence-corrected chi connectivity index (χ2v) is 2.64. The molecule has 0 saturated carbocycles. The van der Waals surface area contributed by atoms with Gasteiger partial charge in [-0.2, -0.15) is 0 Å². The molecule has 1 aromatic heterocycles. The summed E-state index contributed by atoms with van der Waals surface area (Å²) in [6.07, 6.45) is 2.92. The quantitative estimate of drug-likeness (QED) is 0.683. The lowest BCUT2D eigenvalue weighted by Crippen LogP contribution is -2.25. The normalized spacial score (nSPS) is 9.69. The Hall–Kier alpha value is -1.36. The lowest BCUT2D eigenvalue weighted by atomic mass is 10.6. The molecule has 1 heterocycles. The number of anilines is 1. The molecule has 0 spiro atoms. The second kappa shape index (κ2) is 4.04. The van der Waals surface area contributed by atoms with Gasteiger partial charge in [-0.3, -0.25) is 9.59 Å². The van der Waals surface area contributed by atoms with Gasteiger partial charge in [0.1, 0.15) is 5.88 Å². The molecule has 0 saturated heterocycles. The Kier molecular flexibility index (Phi) is 3.02. The Morgan fingerprint density at radius 1 is 1.77 bits per heavy atom. The van der Waals surface area contributed by atoms with E-state index in [9.17, 15) is 9.59 Å². The zero-order valence-corrected chi connectivity index (χ0v) is 7.71. The molecule has 1 amide bonds. The van der Waals surface area contributed by atoms with Crippen LogP contribution in [-0.4, -0.2) is 21.3 Å². The van der Waals surface area contributed by atoms with Crippen molar-refractivity contribution in [1.29, 1.82) is 0 Å². The maximum absolute atomic E-state index is 11.3. The number of aryl methyl sites for hydroxylation is 1. The summed E-state index contributed by atoms with van der Waals surface area (Å²) in [4.78, 5) is 25.8. The van der Waals surface area contributed by atoms with Crippen molar-refractivity contribution in [1.82, 2.24) is 9.55 Å². The average molecular weight is 202 g/mol. The number of halogens is 1. The van der Waals surface area contributed by atoms with Crippen LogP contribution in [0.3, 0.4) is 0 Å². The van der Waals surface area contributed by atoms with E-state index in [1.807, 2.05) is 0 Å². The molecule has 5 nitrogen and oxygen atoms in total. The Balaban J connectivity index is 2.96. The van der Waals surface area contributed by atoms with Crippen LogP contribution in [0.15, 0.2) is 17.2 Å². The van der Waals surface area contributed by atoms with Crippen LogP contribution >= 0.6 is 11.6 Å². The molecular formula is C7H8ClN3O2. The summed E-state index contributed by atoms with van der Waals surface area (Å²) in [5.41, 5.74) is -0.360. The van der Waals surface area contributed by atoms with Crippen LogP contribution in [0.4, 0.5) is 5.82 Å². The van der Waals surface area contributed by atoms with Crippen molar-refractivity contribution in [3.05, 3.63) is 22.7 Å². The summed E-state index contributed by atoms with van der Waals surface area (Å²) < 4.78 is 1.32. The first kappa shape index (κ1) is 9.73. The van der Waals surface area contributed by atoms with E-state index in [4.69, 9.17) is 11.6 Å². The Bertz CT molecular complexity index is 374. The van der Waals surface area contributed by atoms with Crippen LogP contribution in [0.2, 0.25) is 0 Å². The highest BCUT2D eigenvalue weighted by atomic mass is 35.5. The van der Waals surface area contributed by atoms with Crippen molar-refractivity contribution in [3.8, 4) is 0 Å². The van der Waals surface area contributed by atoms with Gasteiger partial charge in [-0.15, -0.1) is 11.6 Å². The number of amides is 1. The number of carbonyl (C=O) groups excluding carboxylic acids is 1. The number of aromatic nitrogens is 2. The first-order valence-corrected chi connectivity index (χ1v) is 4.06. The van der Waals surface area contributed by atoms with Crippen molar-refractivity contribution in [2.45, 2.75) is 0 Å². The van der Waals surface area contributed by atoms with Gasteiger partial charge in [0.05, 0.1) is 0 Å². The minimum absolute atomic E-state index is 0.00403. The van der Waals surface area contributed by atoms with Gasteiger partial charge >= 0.3 is 0 Å². The molecule has 6 heteroatoms. The summed E-state index contributed by atoms with van der Waals surface area (Å²) in [5.74, 6) is -0.646. The Morgan fingerprint density at radius 3 is 3.08 bits per heavy atom. The molecule has 1 N–H and O–H groups in total. The number of nitrogens with one attached hydrogen (secondary N) is 1. The van der Waals surface area contributed by atoms with Crippen LogP contribution in [0.25, 0.3) is 0 Å². The molecule has 1 rings (SSSR count). The number of rotatable bonds is 2. The fourth-order valence-electron chi connectivity index (χ4n) is 0.749. The zero-order chi connectivity index (χ0) is 9.84. The fourth-order valence-corrected chi connectivity index (χ4v) is 0.816. The molecule has 0 radical (unpaired) electrons. The Morgan fingerprint density at radius 2 is 2.46 bits per heavy atom. The molecule has 0 aromatic carbocycles. The number of hydrogen-bond donors (Lipinski definition) is 1. The summed E-state index contributed by atoms with van der Waals surface area (Å²) in [5, 5.41) is 2.29. The number of carbonyl (C=O) groups is 1. The van der Waals surface area contributed by atoms with E-state index in [1.165, 1.54) is 17.0 Å². The predicted octanol–water partition coefficient (Wildman–Crippen LogP) is -0.0424. The van der Waals surface area contributed by atoms with Gasteiger partial charge < -0.3 is 9.88 Å². The molecule has 0 aliphatic rings. The molecular weight excluding hydrogens is 194 g/mol. The summed E-state index contributed by atoms with van der Waals surface area (Å²) in [7, 11) is 1.57. The Labute approximate surface area is 79.4 Å². The molecule has 0 atom stereocenters. The minimum atomic E-state index is -0.447. The van der Waals surface area contributed by atoms with E-state index in [2.05, 4.69) is 10.3 Å². The molecule has 70 valence electrons. The number of hydrogen-bond acceptors (Lipinski definition) is 3. The number of alkyl halides is 1. The van der Waals surface area contributed by atoms with Crippen LogP contribution in [0.1, 0.15) is 0 Å². The predicted molar refractivity (Wildman–Crippen MR) is 48.8 cm³/mol. The number of nitrogens with zero attached hydrogens (tertiary/aromatic N) is 2. The summed E-state index contributed by atoms with van der Waals surface area (Å²) in [6, 6.07) is 0. The van der Waals surface area contributed by atoms with Gasteiger partial charge in [-0.25, -0.2) is 4.98 Å². The SMILES string of the molecule is Cn1ccnc(NC(=O)CCl)c1=O. The van der Waals surface area contributed by atoms with E-state index < -0.39 is 5.91 Å². The largest absolute Gasteiger partial charge is 0.314 e. The third kappa shape index (κ3) is 2.29. The van der Waals surface area contributed by atoms with Crippen LogP contribution in [0.5, 0.6) is 0 Å². The molecule has 0 aliphatic carbocycles. The van der Waals surface area contributed by atoms with E-state index >= 15 is 0 Å². The van der Waals surface area contributed by atoms with Crippen molar-refractivity contribution in [3.63, 3.8) is 0 Å². The van der Waals surface area contributed by atoms with Gasteiger partial charge in [-0.05, 0) is 0 Å². The third-order valence-electron chi connectivity index (χ3n) is 1.40. The fraction of sp³-hybridized carbons (Fsp3) is 0.286. The minimum Gasteiger partial charge on any atom is -0.314 e. The van der Waals surface area contributed by atoms with Gasteiger partial charge in [-0.1, -0.05) is 0 Å². The summed E-state index contributed by atoms with van der Waals surface area (Å²) >= 11 is 5.25. The third-order valence-corrected chi connectivity index (χ3v) is 1.64. The van der Waals surface area contributed by atoms with Crippen LogP contribution in [-0.2, 0) is 11.8 Å². The maximum atomic E-state index is 11.3. The summed E-state index contributed by atoms with van der Waals surface area (Å²) in [6.45, 7) is 0. The smallest absolute Gasteiger partial charge is 0.293 e. The van der Waals surface area contributed by atoms with Crippen LogP contribution in [0, 0.1) is 0 Å².